The average molecular weight is 655 g/mol. The van der Waals surface area contributed by atoms with Gasteiger partial charge in [0.25, 0.3) is 0 Å². The normalized spacial score (nSPS) is 39.5. The van der Waals surface area contributed by atoms with E-state index in [1.165, 1.54) is 36.8 Å². The number of carboxylic acid groups (broad SMARTS) is 1. The molecule has 262 valence electrons. The fourth-order valence-electron chi connectivity index (χ4n) is 13.2. The number of nitrogens with one attached hydrogen (secondary N) is 2. The van der Waals surface area contributed by atoms with Gasteiger partial charge in [0.1, 0.15) is 0 Å². The molecule has 4 saturated carbocycles. The van der Waals surface area contributed by atoms with E-state index in [1.54, 1.807) is 12.1 Å². The monoisotopic (exact) mass is 654 g/mol. The number of carboxylic acids is 1. The summed E-state index contributed by atoms with van der Waals surface area (Å²) in [5, 5.41) is 16.2. The van der Waals surface area contributed by atoms with Crippen molar-refractivity contribution in [3.63, 3.8) is 0 Å². The van der Waals surface area contributed by atoms with Gasteiger partial charge in [-0.3, -0.25) is 4.79 Å². The number of carbonyl (C=O) groups is 2. The van der Waals surface area contributed by atoms with Crippen molar-refractivity contribution in [2.45, 2.75) is 113 Å². The summed E-state index contributed by atoms with van der Waals surface area (Å²) in [6.45, 7) is 27.0. The first-order valence-electron chi connectivity index (χ1n) is 18.9. The molecule has 0 saturated heterocycles. The molecule has 48 heavy (non-hydrogen) atoms. The van der Waals surface area contributed by atoms with Gasteiger partial charge in [-0.1, -0.05) is 71.6 Å². The standard InChI is InChI=1S/C43H62N2O3/c1-27(2)31-17-22-43(38(48)45-26-10-25-44-28(3)4)24-23-41(8)33(36(31)43)15-16-35-40(7)20-18-32(29-11-13-30(14-12-29)37(46)47)39(5,6)34(40)19-21-42(35,41)9/h11-14,18,31,33-36,44H,1,3,10,15-17,19-26H2,2,4-9H3,(H,45,48)(H,46,47)/t31-,33+,34-,35+,36+,40-,41+,42+,43-/m0/s1. The van der Waals surface area contributed by atoms with Crippen LogP contribution in [-0.2, 0) is 4.79 Å². The Bertz CT molecular complexity index is 1510. The minimum Gasteiger partial charge on any atom is -0.478 e. The topological polar surface area (TPSA) is 78.4 Å². The maximum absolute atomic E-state index is 14.3. The number of amides is 1. The average Bonchev–Trinajstić information content (AvgIpc) is 3.42. The number of aromatic carboxylic acids is 1. The molecule has 0 aliphatic heterocycles. The SMILES string of the molecule is C=C(C)NCCCNC(=O)[C@]12CC[C@@H](C(=C)C)[C@@H]1[C@H]1CC[C@@H]3[C@@]4(C)CC=C(c5ccc(C(=O)O)cc5)C(C)(C)[C@@H]4CC[C@@]3(C)[C@]1(C)CC2. The van der Waals surface area contributed by atoms with Crippen molar-refractivity contribution in [2.75, 3.05) is 13.1 Å². The van der Waals surface area contributed by atoms with Gasteiger partial charge in [-0.05, 0) is 153 Å². The van der Waals surface area contributed by atoms with Gasteiger partial charge in [-0.2, -0.15) is 0 Å². The molecule has 4 fully saturated rings. The molecule has 1 amide bonds. The zero-order chi connectivity index (χ0) is 34.9. The highest BCUT2D eigenvalue weighted by molar-refractivity contribution is 5.88. The summed E-state index contributed by atoms with van der Waals surface area (Å²) in [6, 6.07) is 7.55. The molecule has 5 aliphatic carbocycles. The molecule has 0 heterocycles. The summed E-state index contributed by atoms with van der Waals surface area (Å²) < 4.78 is 0. The molecule has 3 N–H and O–H groups in total. The molecule has 5 aliphatic rings. The third kappa shape index (κ3) is 5.15. The first-order valence-corrected chi connectivity index (χ1v) is 18.9. The van der Waals surface area contributed by atoms with Crippen LogP contribution in [0.5, 0.6) is 0 Å². The molecule has 0 aromatic heterocycles. The van der Waals surface area contributed by atoms with Crippen LogP contribution in [0, 0.1) is 56.7 Å². The van der Waals surface area contributed by atoms with Gasteiger partial charge in [0.15, 0.2) is 0 Å². The minimum absolute atomic E-state index is 0.00692. The van der Waals surface area contributed by atoms with Crippen LogP contribution in [0.4, 0.5) is 0 Å². The molecule has 9 atom stereocenters. The number of allylic oxidation sites excluding steroid dienone is 4. The summed E-state index contributed by atoms with van der Waals surface area (Å²) in [5.41, 5.74) is 5.44. The Hall–Kier alpha value is -2.82. The lowest BCUT2D eigenvalue weighted by Crippen LogP contribution is -2.66. The predicted octanol–water partition coefficient (Wildman–Crippen LogP) is 9.67. The van der Waals surface area contributed by atoms with E-state index in [1.807, 2.05) is 19.1 Å². The minimum atomic E-state index is -0.874. The van der Waals surface area contributed by atoms with E-state index in [4.69, 9.17) is 0 Å². The van der Waals surface area contributed by atoms with Crippen LogP contribution in [0.2, 0.25) is 0 Å². The number of hydrogen-bond acceptors (Lipinski definition) is 3. The number of carbonyl (C=O) groups excluding carboxylic acids is 1. The van der Waals surface area contributed by atoms with Crippen LogP contribution >= 0.6 is 0 Å². The van der Waals surface area contributed by atoms with E-state index in [9.17, 15) is 14.7 Å². The smallest absolute Gasteiger partial charge is 0.335 e. The third-order valence-corrected chi connectivity index (χ3v) is 15.6. The Morgan fingerprint density at radius 3 is 2.17 bits per heavy atom. The first-order chi connectivity index (χ1) is 22.5. The van der Waals surface area contributed by atoms with Crippen LogP contribution in [0.25, 0.3) is 5.57 Å². The predicted molar refractivity (Wildman–Crippen MR) is 196 cm³/mol. The molecular formula is C43H62N2O3. The van der Waals surface area contributed by atoms with E-state index >= 15 is 0 Å². The van der Waals surface area contributed by atoms with E-state index in [0.29, 0.717) is 47.6 Å². The maximum atomic E-state index is 14.3. The summed E-state index contributed by atoms with van der Waals surface area (Å²) >= 11 is 0. The van der Waals surface area contributed by atoms with Crippen LogP contribution in [-0.4, -0.2) is 30.1 Å². The Morgan fingerprint density at radius 2 is 1.52 bits per heavy atom. The zero-order valence-electron chi connectivity index (χ0n) is 30.9. The zero-order valence-corrected chi connectivity index (χ0v) is 30.9. The Morgan fingerprint density at radius 1 is 0.833 bits per heavy atom. The largest absolute Gasteiger partial charge is 0.478 e. The van der Waals surface area contributed by atoms with E-state index < -0.39 is 5.97 Å². The molecule has 1 aromatic rings. The quantitative estimate of drug-likeness (QED) is 0.183. The van der Waals surface area contributed by atoms with Crippen molar-refractivity contribution >= 4 is 17.4 Å². The molecule has 0 unspecified atom stereocenters. The molecule has 0 radical (unpaired) electrons. The molecule has 0 bridgehead atoms. The van der Waals surface area contributed by atoms with Crippen molar-refractivity contribution in [3.05, 3.63) is 65.9 Å². The second kappa shape index (κ2) is 12.2. The number of hydrogen-bond donors (Lipinski definition) is 3. The molecular weight excluding hydrogens is 592 g/mol. The first kappa shape index (κ1) is 35.0. The molecule has 1 aromatic carbocycles. The lowest BCUT2D eigenvalue weighted by molar-refractivity contribution is -0.225. The summed E-state index contributed by atoms with van der Waals surface area (Å²) in [4.78, 5) is 25.8. The lowest BCUT2D eigenvalue weighted by Gasteiger charge is -2.72. The van der Waals surface area contributed by atoms with Gasteiger partial charge >= 0.3 is 5.97 Å². The Balaban J connectivity index is 1.29. The maximum Gasteiger partial charge on any atom is 0.335 e. The number of fused-ring (bicyclic) bond motifs is 7. The van der Waals surface area contributed by atoms with E-state index in [2.05, 4.69) is 71.4 Å². The third-order valence-electron chi connectivity index (χ3n) is 15.6. The Kier molecular flexibility index (Phi) is 8.90. The Labute approximate surface area is 290 Å². The van der Waals surface area contributed by atoms with Gasteiger partial charge < -0.3 is 15.7 Å². The van der Waals surface area contributed by atoms with Gasteiger partial charge in [-0.25, -0.2) is 4.79 Å². The van der Waals surface area contributed by atoms with Crippen molar-refractivity contribution < 1.29 is 14.7 Å². The van der Waals surface area contributed by atoms with Crippen molar-refractivity contribution in [2.24, 2.45) is 56.7 Å². The fraction of sp³-hybridized carbons (Fsp3) is 0.674. The molecule has 0 spiro atoms. The van der Waals surface area contributed by atoms with Crippen LogP contribution in [0.3, 0.4) is 0 Å². The fourth-order valence-corrected chi connectivity index (χ4v) is 13.2. The summed E-state index contributed by atoms with van der Waals surface area (Å²) in [7, 11) is 0. The lowest BCUT2D eigenvalue weighted by atomic mass is 9.32. The molecule has 6 rings (SSSR count). The van der Waals surface area contributed by atoms with Gasteiger partial charge in [-0.15, -0.1) is 0 Å². The van der Waals surface area contributed by atoms with Crippen molar-refractivity contribution in [3.8, 4) is 0 Å². The van der Waals surface area contributed by atoms with Crippen LogP contribution < -0.4 is 10.6 Å². The van der Waals surface area contributed by atoms with Crippen LogP contribution in [0.1, 0.15) is 129 Å². The van der Waals surface area contributed by atoms with E-state index in [0.717, 1.165) is 56.3 Å². The van der Waals surface area contributed by atoms with Crippen LogP contribution in [0.15, 0.2) is 54.8 Å². The highest BCUT2D eigenvalue weighted by Crippen LogP contribution is 2.77. The molecule has 5 heteroatoms. The van der Waals surface area contributed by atoms with Gasteiger partial charge in [0.2, 0.25) is 5.91 Å². The number of rotatable bonds is 9. The highest BCUT2D eigenvalue weighted by Gasteiger charge is 2.71. The highest BCUT2D eigenvalue weighted by atomic mass is 16.4. The number of benzene rings is 1. The molecule has 5 nitrogen and oxygen atoms in total. The van der Waals surface area contributed by atoms with Crippen molar-refractivity contribution in [1.82, 2.24) is 10.6 Å². The van der Waals surface area contributed by atoms with Gasteiger partial charge in [0.05, 0.1) is 11.0 Å². The van der Waals surface area contributed by atoms with Crippen molar-refractivity contribution in [1.29, 1.82) is 0 Å². The van der Waals surface area contributed by atoms with Gasteiger partial charge in [0, 0.05) is 18.8 Å². The van der Waals surface area contributed by atoms with E-state index in [-0.39, 0.29) is 27.1 Å². The summed E-state index contributed by atoms with van der Waals surface area (Å²) in [5.74, 6) is 1.94. The second-order valence-corrected chi connectivity index (χ2v) is 18.1. The second-order valence-electron chi connectivity index (χ2n) is 18.1. The summed E-state index contributed by atoms with van der Waals surface area (Å²) in [6.07, 6.45) is 13.6.